The summed E-state index contributed by atoms with van der Waals surface area (Å²) < 4.78 is 5.75. The summed E-state index contributed by atoms with van der Waals surface area (Å²) in [6.45, 7) is 13.1. The van der Waals surface area contributed by atoms with E-state index in [1.807, 2.05) is 26.8 Å². The van der Waals surface area contributed by atoms with Crippen molar-refractivity contribution in [2.24, 2.45) is 0 Å². The minimum absolute atomic E-state index is 0.124. The average Bonchev–Trinajstić information content (AvgIpc) is 2.75. The summed E-state index contributed by atoms with van der Waals surface area (Å²) in [5.74, 6) is 0.00562. The molecule has 180 valence electrons. The largest absolute Gasteiger partial charge is 0.459 e. The molecule has 1 N–H and O–H groups in total. The highest BCUT2D eigenvalue weighted by molar-refractivity contribution is 5.76. The lowest BCUT2D eigenvalue weighted by Crippen LogP contribution is -2.53. The van der Waals surface area contributed by atoms with E-state index in [9.17, 15) is 9.59 Å². The van der Waals surface area contributed by atoms with Gasteiger partial charge in [0.2, 0.25) is 5.91 Å². The van der Waals surface area contributed by atoms with Crippen LogP contribution in [0.4, 0.5) is 0 Å². The van der Waals surface area contributed by atoms with E-state index in [0.29, 0.717) is 13.0 Å². The zero-order chi connectivity index (χ0) is 23.4. The number of benzene rings is 1. The molecule has 32 heavy (non-hydrogen) atoms. The highest BCUT2D eigenvalue weighted by atomic mass is 16.6. The van der Waals surface area contributed by atoms with E-state index in [2.05, 4.69) is 46.3 Å². The Labute approximate surface area is 194 Å². The summed E-state index contributed by atoms with van der Waals surface area (Å²) in [7, 11) is 0. The Bertz CT molecular complexity index is 679. The van der Waals surface area contributed by atoms with E-state index in [0.717, 1.165) is 64.8 Å². The van der Waals surface area contributed by atoms with E-state index >= 15 is 0 Å². The second-order valence-electron chi connectivity index (χ2n) is 9.80. The summed E-state index contributed by atoms with van der Waals surface area (Å²) in [5, 5.41) is 2.99. The van der Waals surface area contributed by atoms with Crippen LogP contribution in [0.25, 0.3) is 0 Å². The number of hydrogen-bond donors (Lipinski definition) is 1. The van der Waals surface area contributed by atoms with Crippen molar-refractivity contribution in [3.8, 4) is 0 Å². The van der Waals surface area contributed by atoms with E-state index in [1.165, 1.54) is 5.56 Å². The normalized spacial score (nSPS) is 16.5. The molecule has 1 amide bonds. The Morgan fingerprint density at radius 1 is 1.03 bits per heavy atom. The minimum Gasteiger partial charge on any atom is -0.459 e. The molecule has 1 aliphatic heterocycles. The zero-order valence-corrected chi connectivity index (χ0v) is 20.6. The first-order valence-electron chi connectivity index (χ1n) is 12.3. The topological polar surface area (TPSA) is 61.9 Å². The Morgan fingerprint density at radius 3 is 2.34 bits per heavy atom. The molecule has 1 aromatic carbocycles. The molecule has 1 aromatic rings. The monoisotopic (exact) mass is 445 g/mol. The van der Waals surface area contributed by atoms with E-state index < -0.39 is 5.60 Å². The van der Waals surface area contributed by atoms with Crippen molar-refractivity contribution >= 4 is 11.9 Å². The average molecular weight is 446 g/mol. The van der Waals surface area contributed by atoms with Crippen LogP contribution in [0, 0.1) is 0 Å². The molecule has 2 rings (SSSR count). The van der Waals surface area contributed by atoms with Crippen LogP contribution in [0.1, 0.15) is 71.8 Å². The SMILES string of the molecule is CCCCC(=O)NCCCCC(C(=O)OC(C)(C)C)N1CCN(Cc2ccccc2)CC1. The Kier molecular flexibility index (Phi) is 11.2. The smallest absolute Gasteiger partial charge is 0.323 e. The number of unbranched alkanes of at least 4 members (excludes halogenated alkanes) is 2. The lowest BCUT2D eigenvalue weighted by atomic mass is 10.1. The van der Waals surface area contributed by atoms with Gasteiger partial charge in [0, 0.05) is 45.7 Å². The molecule has 0 bridgehead atoms. The summed E-state index contributed by atoms with van der Waals surface area (Å²) in [6, 6.07) is 10.3. The molecule has 0 radical (unpaired) electrons. The van der Waals surface area contributed by atoms with Crippen molar-refractivity contribution in [3.63, 3.8) is 0 Å². The van der Waals surface area contributed by atoms with Gasteiger partial charge in [-0.05, 0) is 52.0 Å². The van der Waals surface area contributed by atoms with E-state index in [-0.39, 0.29) is 17.9 Å². The summed E-state index contributed by atoms with van der Waals surface area (Å²) in [5.41, 5.74) is 0.836. The number of hydrogen-bond acceptors (Lipinski definition) is 5. The molecule has 0 spiro atoms. The number of carbonyl (C=O) groups excluding carboxylic acids is 2. The van der Waals surface area contributed by atoms with Gasteiger partial charge in [0.1, 0.15) is 11.6 Å². The molecule has 1 saturated heterocycles. The summed E-state index contributed by atoms with van der Waals surface area (Å²) >= 11 is 0. The number of nitrogens with one attached hydrogen (secondary N) is 1. The molecular weight excluding hydrogens is 402 g/mol. The van der Waals surface area contributed by atoms with Gasteiger partial charge in [0.15, 0.2) is 0 Å². The molecule has 0 aromatic heterocycles. The first-order valence-corrected chi connectivity index (χ1v) is 12.3. The van der Waals surface area contributed by atoms with Gasteiger partial charge in [-0.1, -0.05) is 43.7 Å². The first-order chi connectivity index (χ1) is 15.3. The Morgan fingerprint density at radius 2 is 1.72 bits per heavy atom. The van der Waals surface area contributed by atoms with Crippen molar-refractivity contribution in [2.45, 2.75) is 84.4 Å². The van der Waals surface area contributed by atoms with Gasteiger partial charge in [-0.15, -0.1) is 0 Å². The van der Waals surface area contributed by atoms with Crippen molar-refractivity contribution in [3.05, 3.63) is 35.9 Å². The van der Waals surface area contributed by atoms with Gasteiger partial charge in [-0.2, -0.15) is 0 Å². The Hall–Kier alpha value is -1.92. The molecule has 1 atom stereocenters. The summed E-state index contributed by atoms with van der Waals surface area (Å²) in [4.78, 5) is 29.5. The van der Waals surface area contributed by atoms with Gasteiger partial charge in [-0.25, -0.2) is 0 Å². The molecule has 0 saturated carbocycles. The molecule has 1 fully saturated rings. The zero-order valence-electron chi connectivity index (χ0n) is 20.6. The molecule has 6 heteroatoms. The highest BCUT2D eigenvalue weighted by Gasteiger charge is 2.32. The van der Waals surface area contributed by atoms with Crippen LogP contribution in [-0.2, 0) is 20.9 Å². The van der Waals surface area contributed by atoms with Crippen molar-refractivity contribution in [2.75, 3.05) is 32.7 Å². The minimum atomic E-state index is -0.488. The summed E-state index contributed by atoms with van der Waals surface area (Å²) in [6.07, 6.45) is 5.10. The number of piperazine rings is 1. The first kappa shape index (κ1) is 26.3. The molecule has 0 aliphatic carbocycles. The second-order valence-corrected chi connectivity index (χ2v) is 9.80. The van der Waals surface area contributed by atoms with Crippen LogP contribution in [0.5, 0.6) is 0 Å². The number of esters is 1. The molecule has 1 aliphatic rings. The van der Waals surface area contributed by atoms with E-state index in [4.69, 9.17) is 4.74 Å². The van der Waals surface area contributed by atoms with Gasteiger partial charge < -0.3 is 10.1 Å². The van der Waals surface area contributed by atoms with E-state index in [1.54, 1.807) is 0 Å². The van der Waals surface area contributed by atoms with Crippen LogP contribution < -0.4 is 5.32 Å². The van der Waals surface area contributed by atoms with Crippen LogP contribution in [-0.4, -0.2) is 66.0 Å². The fourth-order valence-electron chi connectivity index (χ4n) is 4.01. The number of ether oxygens (including phenoxy) is 1. The van der Waals surface area contributed by atoms with Crippen molar-refractivity contribution in [1.29, 1.82) is 0 Å². The number of amides is 1. The predicted molar refractivity (Wildman–Crippen MR) is 129 cm³/mol. The maximum Gasteiger partial charge on any atom is 0.323 e. The number of carbonyl (C=O) groups is 2. The highest BCUT2D eigenvalue weighted by Crippen LogP contribution is 2.18. The lowest BCUT2D eigenvalue weighted by Gasteiger charge is -2.39. The maximum absolute atomic E-state index is 13.0. The molecule has 1 unspecified atom stereocenters. The quantitative estimate of drug-likeness (QED) is 0.389. The maximum atomic E-state index is 13.0. The fourth-order valence-corrected chi connectivity index (χ4v) is 4.01. The van der Waals surface area contributed by atoms with Gasteiger partial charge in [0.05, 0.1) is 0 Å². The third kappa shape index (κ3) is 10.1. The third-order valence-electron chi connectivity index (χ3n) is 5.76. The van der Waals surface area contributed by atoms with Gasteiger partial charge >= 0.3 is 5.97 Å². The van der Waals surface area contributed by atoms with Crippen LogP contribution >= 0.6 is 0 Å². The van der Waals surface area contributed by atoms with Crippen molar-refractivity contribution < 1.29 is 14.3 Å². The predicted octanol–water partition coefficient (Wildman–Crippen LogP) is 3.99. The van der Waals surface area contributed by atoms with Crippen LogP contribution in [0.3, 0.4) is 0 Å². The van der Waals surface area contributed by atoms with Gasteiger partial charge in [-0.3, -0.25) is 19.4 Å². The molecule has 6 nitrogen and oxygen atoms in total. The standard InChI is InChI=1S/C26H43N3O3/c1-5-6-15-24(30)27-16-11-10-14-23(25(31)32-26(2,3)4)29-19-17-28(18-20-29)21-22-12-8-7-9-13-22/h7-9,12-13,23H,5-6,10-11,14-21H2,1-4H3,(H,27,30). The lowest BCUT2D eigenvalue weighted by molar-refractivity contribution is -0.162. The molecule has 1 heterocycles. The Balaban J connectivity index is 1.83. The fraction of sp³-hybridized carbons (Fsp3) is 0.692. The number of nitrogens with zero attached hydrogens (tertiary/aromatic N) is 2. The second kappa shape index (κ2) is 13.6. The van der Waals surface area contributed by atoms with Crippen LogP contribution in [0.2, 0.25) is 0 Å². The van der Waals surface area contributed by atoms with Crippen molar-refractivity contribution in [1.82, 2.24) is 15.1 Å². The third-order valence-corrected chi connectivity index (χ3v) is 5.76. The molecular formula is C26H43N3O3. The van der Waals surface area contributed by atoms with Gasteiger partial charge in [0.25, 0.3) is 0 Å². The van der Waals surface area contributed by atoms with Crippen LogP contribution in [0.15, 0.2) is 30.3 Å². The number of rotatable bonds is 12.